The highest BCUT2D eigenvalue weighted by atomic mass is 16.6. The fraction of sp³-hybridized carbons (Fsp3) is 0.355. The number of nitrogen functional groups attached to an aromatic ring is 1. The van der Waals surface area contributed by atoms with Gasteiger partial charge >= 0.3 is 11.9 Å². The minimum atomic E-state index is -0.598. The Bertz CT molecular complexity index is 1430. The summed E-state index contributed by atoms with van der Waals surface area (Å²) in [5, 5.41) is 0. The maximum atomic E-state index is 12.4. The summed E-state index contributed by atoms with van der Waals surface area (Å²) in [6.07, 6.45) is 7.39. The first-order valence-corrected chi connectivity index (χ1v) is 13.6. The smallest absolute Gasteiger partial charge is 0.344 e. The van der Waals surface area contributed by atoms with E-state index in [1.165, 1.54) is 12.8 Å². The van der Waals surface area contributed by atoms with Crippen LogP contribution in [0.1, 0.15) is 55.0 Å². The summed E-state index contributed by atoms with van der Waals surface area (Å²) in [5.74, 6) is -0.186. The number of fused-ring (bicyclic) bond motifs is 1. The molecule has 4 aromatic rings. The van der Waals surface area contributed by atoms with E-state index in [1.54, 1.807) is 7.11 Å². The van der Waals surface area contributed by atoms with Gasteiger partial charge in [0.1, 0.15) is 12.4 Å². The third kappa shape index (κ3) is 7.81. The average Bonchev–Trinajstić information content (AvgIpc) is 3.36. The first-order valence-electron chi connectivity index (χ1n) is 13.6. The molecule has 0 radical (unpaired) electrons. The van der Waals surface area contributed by atoms with Gasteiger partial charge in [0.15, 0.2) is 6.61 Å². The van der Waals surface area contributed by atoms with Gasteiger partial charge in [0.2, 0.25) is 5.95 Å². The summed E-state index contributed by atoms with van der Waals surface area (Å²) in [4.78, 5) is 33.3. The Morgan fingerprint density at radius 3 is 2.52 bits per heavy atom. The zero-order valence-electron chi connectivity index (χ0n) is 23.1. The second-order valence-electron chi connectivity index (χ2n) is 9.65. The molecule has 0 atom stereocenters. The number of unbranched alkanes of at least 4 members (excludes halogenated alkanes) is 3. The van der Waals surface area contributed by atoms with Gasteiger partial charge < -0.3 is 24.5 Å². The molecule has 4 rings (SSSR count). The summed E-state index contributed by atoms with van der Waals surface area (Å²) in [5.41, 5.74) is 11.2. The molecule has 0 aliphatic heterocycles. The monoisotopic (exact) mass is 544 g/mol. The molecule has 2 heterocycles. The highest BCUT2D eigenvalue weighted by Crippen LogP contribution is 2.26. The number of esters is 2. The van der Waals surface area contributed by atoms with Gasteiger partial charge in [0.25, 0.3) is 0 Å². The van der Waals surface area contributed by atoms with Crippen LogP contribution in [0.2, 0.25) is 0 Å². The number of aryl methyl sites for hydroxylation is 1. The molecule has 2 aromatic carbocycles. The number of carbonyl (C=O) groups excluding carboxylic acids is 2. The summed E-state index contributed by atoms with van der Waals surface area (Å²) >= 11 is 0. The van der Waals surface area contributed by atoms with E-state index in [4.69, 9.17) is 19.9 Å². The summed E-state index contributed by atoms with van der Waals surface area (Å²) in [6, 6.07) is 16.9. The second kappa shape index (κ2) is 14.1. The number of hydrogen-bond donors (Lipinski definition) is 1. The molecule has 0 unspecified atom stereocenters. The quantitative estimate of drug-likeness (QED) is 0.174. The number of ether oxygens (including phenoxy) is 3. The Labute approximate surface area is 234 Å². The van der Waals surface area contributed by atoms with Crippen LogP contribution in [-0.4, -0.2) is 40.2 Å². The maximum Gasteiger partial charge on any atom is 0.344 e. The molecule has 0 fully saturated rings. The molecule has 0 spiro atoms. The number of anilines is 1. The van der Waals surface area contributed by atoms with Crippen molar-refractivity contribution in [2.75, 3.05) is 19.5 Å². The largest absolute Gasteiger partial charge is 0.496 e. The Morgan fingerprint density at radius 1 is 0.925 bits per heavy atom. The fourth-order valence-corrected chi connectivity index (χ4v) is 4.58. The minimum Gasteiger partial charge on any atom is -0.496 e. The number of nitrogens with two attached hydrogens (primary N) is 1. The molecule has 2 aromatic heterocycles. The summed E-state index contributed by atoms with van der Waals surface area (Å²) in [7, 11) is 1.60. The fourth-order valence-electron chi connectivity index (χ4n) is 4.58. The normalized spacial score (nSPS) is 10.9. The van der Waals surface area contributed by atoms with Gasteiger partial charge in [-0.1, -0.05) is 68.7 Å². The van der Waals surface area contributed by atoms with Gasteiger partial charge in [-0.2, -0.15) is 0 Å². The zero-order chi connectivity index (χ0) is 28.3. The number of nitrogens with zero attached hydrogens (tertiary/aromatic N) is 3. The highest BCUT2D eigenvalue weighted by Gasteiger charge is 2.15. The van der Waals surface area contributed by atoms with E-state index < -0.39 is 18.5 Å². The molecule has 0 saturated heterocycles. The van der Waals surface area contributed by atoms with E-state index >= 15 is 0 Å². The number of methoxy groups -OCH3 is 1. The van der Waals surface area contributed by atoms with Crippen molar-refractivity contribution in [3.63, 3.8) is 0 Å². The molecule has 9 heteroatoms. The van der Waals surface area contributed by atoms with Crippen molar-refractivity contribution >= 4 is 28.9 Å². The van der Waals surface area contributed by atoms with Gasteiger partial charge in [0, 0.05) is 11.8 Å². The predicted molar refractivity (Wildman–Crippen MR) is 153 cm³/mol. The van der Waals surface area contributed by atoms with Crippen molar-refractivity contribution in [3.05, 3.63) is 83.2 Å². The van der Waals surface area contributed by atoms with Crippen LogP contribution in [0.15, 0.2) is 60.8 Å². The molecule has 0 amide bonds. The van der Waals surface area contributed by atoms with Crippen LogP contribution in [0.3, 0.4) is 0 Å². The van der Waals surface area contributed by atoms with Crippen LogP contribution in [0, 0.1) is 0 Å². The van der Waals surface area contributed by atoms with E-state index in [1.807, 2.05) is 60.8 Å². The lowest BCUT2D eigenvalue weighted by atomic mass is 10.1. The average molecular weight is 545 g/mol. The summed E-state index contributed by atoms with van der Waals surface area (Å²) < 4.78 is 18.0. The number of hydrogen-bond acceptors (Lipinski definition) is 8. The van der Waals surface area contributed by atoms with E-state index in [0.29, 0.717) is 17.9 Å². The Morgan fingerprint density at radius 2 is 1.75 bits per heavy atom. The maximum absolute atomic E-state index is 12.4. The predicted octanol–water partition coefficient (Wildman–Crippen LogP) is 5.02. The van der Waals surface area contributed by atoms with E-state index in [9.17, 15) is 9.59 Å². The molecule has 0 aliphatic rings. The van der Waals surface area contributed by atoms with Gasteiger partial charge in [0.05, 0.1) is 36.8 Å². The van der Waals surface area contributed by atoms with Crippen LogP contribution in [0.4, 0.5) is 5.95 Å². The number of carbonyl (C=O) groups is 2. The number of benzene rings is 2. The van der Waals surface area contributed by atoms with E-state index in [-0.39, 0.29) is 19.0 Å². The SMILES string of the molecule is CCCCCCc1nc(N)nc2ccn(Cc3ccc(CC(=O)OCC(=O)OCc4ccccc4)cc3OC)c12. The van der Waals surface area contributed by atoms with Gasteiger partial charge in [-0.05, 0) is 36.1 Å². The molecule has 40 heavy (non-hydrogen) atoms. The van der Waals surface area contributed by atoms with Crippen LogP contribution >= 0.6 is 0 Å². The van der Waals surface area contributed by atoms with Gasteiger partial charge in [-0.15, -0.1) is 0 Å². The van der Waals surface area contributed by atoms with Gasteiger partial charge in [-0.25, -0.2) is 14.8 Å². The molecular weight excluding hydrogens is 508 g/mol. The first-order chi connectivity index (χ1) is 19.5. The van der Waals surface area contributed by atoms with Crippen molar-refractivity contribution in [2.24, 2.45) is 0 Å². The molecule has 210 valence electrons. The number of rotatable bonds is 14. The van der Waals surface area contributed by atoms with Crippen molar-refractivity contribution in [3.8, 4) is 5.75 Å². The molecular formula is C31H36N4O5. The standard InChI is InChI=1S/C31H36N4O5/c1-3-4-5-9-12-25-30-26(34-31(32)33-25)15-16-35(30)19-24-14-13-23(17-27(24)38-2)18-28(36)40-21-29(37)39-20-22-10-7-6-8-11-22/h6-8,10-11,13-17H,3-5,9,12,18-21H2,1-2H3,(H2,32,33,34). The third-order valence-corrected chi connectivity index (χ3v) is 6.60. The van der Waals surface area contributed by atoms with Crippen molar-refractivity contribution < 1.29 is 23.8 Å². The van der Waals surface area contributed by atoms with Crippen LogP contribution in [0.5, 0.6) is 5.75 Å². The molecule has 0 saturated carbocycles. The Balaban J connectivity index is 1.37. The van der Waals surface area contributed by atoms with Crippen LogP contribution in [-0.2, 0) is 45.1 Å². The first kappa shape index (κ1) is 28.6. The topological polar surface area (TPSA) is 119 Å². The van der Waals surface area contributed by atoms with Gasteiger partial charge in [-0.3, -0.25) is 4.79 Å². The highest BCUT2D eigenvalue weighted by molar-refractivity contribution is 5.80. The lowest BCUT2D eigenvalue weighted by molar-refractivity contribution is -0.159. The molecule has 9 nitrogen and oxygen atoms in total. The zero-order valence-corrected chi connectivity index (χ0v) is 23.1. The lowest BCUT2D eigenvalue weighted by Crippen LogP contribution is -2.17. The molecule has 0 bridgehead atoms. The molecule has 0 aliphatic carbocycles. The van der Waals surface area contributed by atoms with Crippen molar-refractivity contribution in [1.82, 2.24) is 14.5 Å². The summed E-state index contributed by atoms with van der Waals surface area (Å²) in [6.45, 7) is 2.43. The number of aromatic nitrogens is 3. The van der Waals surface area contributed by atoms with Crippen LogP contribution < -0.4 is 10.5 Å². The van der Waals surface area contributed by atoms with E-state index in [0.717, 1.165) is 47.1 Å². The van der Waals surface area contributed by atoms with Crippen LogP contribution in [0.25, 0.3) is 11.0 Å². The Kier molecular flexibility index (Phi) is 10.1. The minimum absolute atomic E-state index is 0.00405. The molecule has 2 N–H and O–H groups in total. The third-order valence-electron chi connectivity index (χ3n) is 6.60. The lowest BCUT2D eigenvalue weighted by Gasteiger charge is -2.14. The second-order valence-corrected chi connectivity index (χ2v) is 9.65. The van der Waals surface area contributed by atoms with Crippen molar-refractivity contribution in [1.29, 1.82) is 0 Å². The van der Waals surface area contributed by atoms with E-state index in [2.05, 4.69) is 21.5 Å². The Hall–Kier alpha value is -4.40. The van der Waals surface area contributed by atoms with Crippen molar-refractivity contribution in [2.45, 2.75) is 58.6 Å².